The van der Waals surface area contributed by atoms with Gasteiger partial charge in [-0.2, -0.15) is 5.10 Å². The maximum absolute atomic E-state index is 13.3. The van der Waals surface area contributed by atoms with Crippen LogP contribution in [0.5, 0.6) is 0 Å². The van der Waals surface area contributed by atoms with E-state index < -0.39 is 6.10 Å². The lowest BCUT2D eigenvalue weighted by Gasteiger charge is -2.26. The molecule has 194 valence electrons. The van der Waals surface area contributed by atoms with Crippen LogP contribution in [0.2, 0.25) is 0 Å². The Balaban J connectivity index is 1.51. The smallest absolute Gasteiger partial charge is 0.251 e. The van der Waals surface area contributed by atoms with Crippen LogP contribution in [-0.4, -0.2) is 80.4 Å². The Kier molecular flexibility index (Phi) is 7.50. The fourth-order valence-corrected chi connectivity index (χ4v) is 5.52. The number of carbonyl (C=O) groups excluding carboxylic acids is 1. The molecule has 0 bridgehead atoms. The molecule has 37 heavy (non-hydrogen) atoms. The number of hydrogen-bond donors (Lipinski definition) is 2. The number of rotatable bonds is 9. The molecular formula is C27H33N7O2S. The lowest BCUT2D eigenvalue weighted by Crippen LogP contribution is -2.42. The lowest BCUT2D eigenvalue weighted by molar-refractivity contribution is 0.0938. The van der Waals surface area contributed by atoms with E-state index in [1.807, 2.05) is 46.8 Å². The third-order valence-corrected chi connectivity index (χ3v) is 7.87. The average molecular weight is 520 g/mol. The number of aromatic nitrogens is 4. The van der Waals surface area contributed by atoms with Gasteiger partial charge in [-0.05, 0) is 56.1 Å². The summed E-state index contributed by atoms with van der Waals surface area (Å²) in [6.45, 7) is 9.98. The zero-order valence-electron chi connectivity index (χ0n) is 21.5. The van der Waals surface area contributed by atoms with Crippen LogP contribution in [0, 0.1) is 0 Å². The number of fused-ring (bicyclic) bond motifs is 1. The van der Waals surface area contributed by atoms with E-state index in [1.165, 1.54) is 0 Å². The molecule has 0 spiro atoms. The second kappa shape index (κ2) is 11.0. The van der Waals surface area contributed by atoms with Gasteiger partial charge in [0.1, 0.15) is 5.82 Å². The molecule has 2 atom stereocenters. The molecule has 1 fully saturated rings. The van der Waals surface area contributed by atoms with E-state index in [1.54, 1.807) is 22.0 Å². The highest BCUT2D eigenvalue weighted by molar-refractivity contribution is 7.13. The molecule has 5 heterocycles. The molecule has 1 unspecified atom stereocenters. The minimum Gasteiger partial charge on any atom is -0.391 e. The number of hydrogen-bond acceptors (Lipinski definition) is 8. The van der Waals surface area contributed by atoms with Crippen molar-refractivity contribution in [3.63, 3.8) is 0 Å². The summed E-state index contributed by atoms with van der Waals surface area (Å²) in [5.41, 5.74) is 3.46. The van der Waals surface area contributed by atoms with Crippen LogP contribution >= 0.6 is 11.3 Å². The minimum atomic E-state index is -0.398. The van der Waals surface area contributed by atoms with Crippen molar-refractivity contribution in [2.24, 2.45) is 0 Å². The van der Waals surface area contributed by atoms with Crippen LogP contribution in [-0.2, 0) is 0 Å². The third kappa shape index (κ3) is 5.36. The van der Waals surface area contributed by atoms with Gasteiger partial charge >= 0.3 is 0 Å². The number of likely N-dealkylation sites (N-methyl/N-ethyl adjacent to an activating group) is 1. The highest BCUT2D eigenvalue weighted by Gasteiger charge is 2.24. The number of β-amino-alcohol motifs (C(OH)–C–C–N with tert-alkyl or cyclic N) is 1. The molecule has 1 amide bonds. The van der Waals surface area contributed by atoms with E-state index >= 15 is 0 Å². The number of nitrogens with zero attached hydrogens (tertiary/aromatic N) is 6. The predicted molar refractivity (Wildman–Crippen MR) is 147 cm³/mol. The molecule has 0 aliphatic carbocycles. The maximum Gasteiger partial charge on any atom is 0.251 e. The monoisotopic (exact) mass is 519 g/mol. The van der Waals surface area contributed by atoms with Crippen molar-refractivity contribution in [2.45, 2.75) is 39.3 Å². The number of carbonyl (C=O) groups is 1. The van der Waals surface area contributed by atoms with Crippen LogP contribution in [0.4, 0.5) is 5.82 Å². The number of anilines is 1. The highest BCUT2D eigenvalue weighted by Crippen LogP contribution is 2.30. The lowest BCUT2D eigenvalue weighted by atomic mass is 10.1. The first-order chi connectivity index (χ1) is 18.0. The Hall–Kier alpha value is -3.34. The number of amides is 1. The van der Waals surface area contributed by atoms with Gasteiger partial charge < -0.3 is 15.3 Å². The van der Waals surface area contributed by atoms with Gasteiger partial charge in [-0.25, -0.2) is 14.5 Å². The van der Waals surface area contributed by atoms with E-state index in [4.69, 9.17) is 9.97 Å². The van der Waals surface area contributed by atoms with Gasteiger partial charge in [0.05, 0.1) is 34.1 Å². The van der Waals surface area contributed by atoms with Crippen LogP contribution in [0.1, 0.15) is 37.6 Å². The van der Waals surface area contributed by atoms with Gasteiger partial charge in [0.25, 0.3) is 5.91 Å². The first-order valence-electron chi connectivity index (χ1n) is 12.8. The highest BCUT2D eigenvalue weighted by atomic mass is 32.1. The van der Waals surface area contributed by atoms with Gasteiger partial charge in [0.15, 0.2) is 5.65 Å². The molecule has 4 aromatic rings. The standard InChI is InChI=1S/C27H33N7O2S/c1-4-32(5-2)18(3)15-28-27(36)19-13-23(30-25(14-19)33-10-8-20(35)17-33)21-16-29-34-11-9-22(31-26(21)34)24-7-6-12-37-24/h6-7,9,11-14,16,18,20,35H,4-5,8,10,15,17H2,1-3H3,(H,28,36)/t18?,20-/m0/s1. The topological polar surface area (TPSA) is 98.9 Å². The molecule has 10 heteroatoms. The zero-order valence-corrected chi connectivity index (χ0v) is 22.3. The molecule has 1 aliphatic rings. The normalized spacial score (nSPS) is 16.6. The summed E-state index contributed by atoms with van der Waals surface area (Å²) in [4.78, 5) is 28.5. The zero-order chi connectivity index (χ0) is 25.9. The summed E-state index contributed by atoms with van der Waals surface area (Å²) in [7, 11) is 0. The number of nitrogens with one attached hydrogen (secondary N) is 1. The second-order valence-electron chi connectivity index (χ2n) is 9.38. The third-order valence-electron chi connectivity index (χ3n) is 6.97. The van der Waals surface area contributed by atoms with Gasteiger partial charge in [-0.1, -0.05) is 19.9 Å². The number of thiophene rings is 1. The fraction of sp³-hybridized carbons (Fsp3) is 0.407. The number of aliphatic hydroxyl groups is 1. The summed E-state index contributed by atoms with van der Waals surface area (Å²) >= 11 is 1.63. The molecule has 4 aromatic heterocycles. The summed E-state index contributed by atoms with van der Waals surface area (Å²) in [5, 5.41) is 19.7. The van der Waals surface area contributed by atoms with Crippen molar-refractivity contribution >= 4 is 28.7 Å². The van der Waals surface area contributed by atoms with E-state index in [0.29, 0.717) is 48.8 Å². The van der Waals surface area contributed by atoms with Crippen LogP contribution in [0.25, 0.3) is 27.5 Å². The van der Waals surface area contributed by atoms with Gasteiger partial charge in [-0.15, -0.1) is 11.3 Å². The van der Waals surface area contributed by atoms with Crippen LogP contribution in [0.15, 0.2) is 48.1 Å². The SMILES string of the molecule is CCN(CC)C(C)CNC(=O)c1cc(-c2cnn3ccc(-c4cccs4)nc23)nc(N2CC[C@H](O)C2)c1. The van der Waals surface area contributed by atoms with Crippen molar-refractivity contribution in [3.05, 3.63) is 53.7 Å². The molecule has 0 radical (unpaired) electrons. The predicted octanol–water partition coefficient (Wildman–Crippen LogP) is 3.55. The summed E-state index contributed by atoms with van der Waals surface area (Å²) in [6.07, 6.45) is 3.92. The van der Waals surface area contributed by atoms with E-state index in [-0.39, 0.29) is 11.9 Å². The molecule has 0 saturated carbocycles. The van der Waals surface area contributed by atoms with Crippen molar-refractivity contribution in [1.29, 1.82) is 0 Å². The first kappa shape index (κ1) is 25.3. The quantitative estimate of drug-likeness (QED) is 0.349. The summed E-state index contributed by atoms with van der Waals surface area (Å²) in [5.74, 6) is 0.525. The van der Waals surface area contributed by atoms with Gasteiger partial charge in [0, 0.05) is 37.4 Å². The van der Waals surface area contributed by atoms with Crippen LogP contribution < -0.4 is 10.2 Å². The summed E-state index contributed by atoms with van der Waals surface area (Å²) < 4.78 is 1.73. The van der Waals surface area contributed by atoms with E-state index in [9.17, 15) is 9.90 Å². The Morgan fingerprint density at radius 2 is 2.08 bits per heavy atom. The number of pyridine rings is 1. The molecule has 9 nitrogen and oxygen atoms in total. The van der Waals surface area contributed by atoms with Gasteiger partial charge in [-0.3, -0.25) is 9.69 Å². The Labute approximate surface area is 220 Å². The molecule has 5 rings (SSSR count). The Bertz CT molecular complexity index is 1370. The minimum absolute atomic E-state index is 0.146. The maximum atomic E-state index is 13.3. The largest absolute Gasteiger partial charge is 0.391 e. The van der Waals surface area contributed by atoms with E-state index in [0.717, 1.165) is 29.2 Å². The average Bonchev–Trinajstić information content (AvgIpc) is 3.68. The van der Waals surface area contributed by atoms with Gasteiger partial charge in [0.2, 0.25) is 0 Å². The molecule has 1 saturated heterocycles. The second-order valence-corrected chi connectivity index (χ2v) is 10.3. The molecular weight excluding hydrogens is 486 g/mol. The van der Waals surface area contributed by atoms with Crippen molar-refractivity contribution in [3.8, 4) is 21.8 Å². The molecule has 1 aliphatic heterocycles. The molecule has 2 N–H and O–H groups in total. The van der Waals surface area contributed by atoms with Crippen LogP contribution in [0.3, 0.4) is 0 Å². The summed E-state index contributed by atoms with van der Waals surface area (Å²) in [6, 6.07) is 9.84. The Morgan fingerprint density at radius 3 is 2.78 bits per heavy atom. The number of aliphatic hydroxyl groups excluding tert-OH is 1. The molecule has 0 aromatic carbocycles. The van der Waals surface area contributed by atoms with Crippen molar-refractivity contribution in [1.82, 2.24) is 29.8 Å². The Morgan fingerprint density at radius 1 is 1.24 bits per heavy atom. The first-order valence-corrected chi connectivity index (χ1v) is 13.7. The van der Waals surface area contributed by atoms with Crippen molar-refractivity contribution < 1.29 is 9.90 Å². The van der Waals surface area contributed by atoms with Crippen molar-refractivity contribution in [2.75, 3.05) is 37.6 Å². The fourth-order valence-electron chi connectivity index (χ4n) is 4.83. The van der Waals surface area contributed by atoms with E-state index in [2.05, 4.69) is 36.1 Å².